The number of ketones is 1. The molecule has 0 bridgehead atoms. The first kappa shape index (κ1) is 16.2. The normalized spacial score (nSPS) is 19.7. The number of aryl methyl sites for hydroxylation is 3. The first-order valence-corrected chi connectivity index (χ1v) is 8.38. The maximum atomic E-state index is 12.8. The number of carbonyl (C=O) groups is 1. The number of nitrogens with zero attached hydrogens (tertiary/aromatic N) is 1. The molecule has 1 aliphatic heterocycles. The van der Waals surface area contributed by atoms with Gasteiger partial charge in [-0.15, -0.1) is 0 Å². The number of benzene rings is 1. The second kappa shape index (κ2) is 7.22. The van der Waals surface area contributed by atoms with Gasteiger partial charge in [0.25, 0.3) is 0 Å². The van der Waals surface area contributed by atoms with Gasteiger partial charge < -0.3 is 0 Å². The Morgan fingerprint density at radius 2 is 1.86 bits per heavy atom. The van der Waals surface area contributed by atoms with Crippen molar-refractivity contribution in [2.75, 3.05) is 13.1 Å². The van der Waals surface area contributed by atoms with E-state index in [0.717, 1.165) is 23.2 Å². The third-order valence-corrected chi connectivity index (χ3v) is 4.67. The van der Waals surface area contributed by atoms with Crippen molar-refractivity contribution in [1.82, 2.24) is 4.90 Å². The fourth-order valence-electron chi connectivity index (χ4n) is 3.81. The summed E-state index contributed by atoms with van der Waals surface area (Å²) in [5.41, 5.74) is 4.44. The van der Waals surface area contributed by atoms with Crippen molar-refractivity contribution in [2.24, 2.45) is 0 Å². The van der Waals surface area contributed by atoms with Crippen LogP contribution in [0, 0.1) is 20.8 Å². The zero-order valence-electron chi connectivity index (χ0n) is 14.0. The van der Waals surface area contributed by atoms with Crippen molar-refractivity contribution in [3.63, 3.8) is 0 Å². The van der Waals surface area contributed by atoms with Crippen LogP contribution in [-0.4, -0.2) is 29.8 Å². The van der Waals surface area contributed by atoms with Crippen molar-refractivity contribution in [2.45, 2.75) is 65.8 Å². The smallest absolute Gasteiger partial charge is 0.177 e. The molecule has 1 aromatic carbocycles. The third kappa shape index (κ3) is 3.94. The molecule has 0 N–H and O–H groups in total. The maximum Gasteiger partial charge on any atom is 0.177 e. The van der Waals surface area contributed by atoms with Crippen LogP contribution in [-0.2, 0) is 0 Å². The summed E-state index contributed by atoms with van der Waals surface area (Å²) >= 11 is 0. The lowest BCUT2D eigenvalue weighted by Gasteiger charge is -2.35. The summed E-state index contributed by atoms with van der Waals surface area (Å²) < 4.78 is 0. The minimum atomic E-state index is 0.299. The summed E-state index contributed by atoms with van der Waals surface area (Å²) in [6, 6.07) is 4.86. The van der Waals surface area contributed by atoms with Gasteiger partial charge in [0.15, 0.2) is 5.78 Å². The molecular weight excluding hydrogens is 258 g/mol. The minimum Gasteiger partial charge on any atom is -0.293 e. The maximum absolute atomic E-state index is 12.8. The molecule has 1 aliphatic rings. The monoisotopic (exact) mass is 287 g/mol. The van der Waals surface area contributed by atoms with Crippen LogP contribution in [0.4, 0.5) is 0 Å². The van der Waals surface area contributed by atoms with Crippen molar-refractivity contribution < 1.29 is 4.79 Å². The summed E-state index contributed by atoms with van der Waals surface area (Å²) in [6.45, 7) is 10.1. The highest BCUT2D eigenvalue weighted by Crippen LogP contribution is 2.23. The molecule has 21 heavy (non-hydrogen) atoms. The molecule has 1 saturated heterocycles. The Morgan fingerprint density at radius 1 is 1.19 bits per heavy atom. The number of hydrogen-bond acceptors (Lipinski definition) is 2. The molecule has 2 nitrogen and oxygen atoms in total. The van der Waals surface area contributed by atoms with Crippen molar-refractivity contribution in [3.05, 3.63) is 34.4 Å². The van der Waals surface area contributed by atoms with E-state index < -0.39 is 0 Å². The lowest BCUT2D eigenvalue weighted by Crippen LogP contribution is -2.42. The number of Topliss-reactive ketones (excluding diaryl/α,β-unsaturated/α-hetero) is 1. The Balaban J connectivity index is 2.13. The quantitative estimate of drug-likeness (QED) is 0.746. The fourth-order valence-corrected chi connectivity index (χ4v) is 3.81. The molecule has 1 atom stereocenters. The van der Waals surface area contributed by atoms with Crippen LogP contribution in [0.25, 0.3) is 0 Å². The highest BCUT2D eigenvalue weighted by molar-refractivity contribution is 6.00. The second-order valence-electron chi connectivity index (χ2n) is 6.61. The topological polar surface area (TPSA) is 20.3 Å². The van der Waals surface area contributed by atoms with Gasteiger partial charge in [-0.1, -0.05) is 37.5 Å². The molecule has 0 aliphatic carbocycles. The predicted molar refractivity (Wildman–Crippen MR) is 89.1 cm³/mol. The Labute approximate surface area is 129 Å². The molecule has 1 unspecified atom stereocenters. The lowest BCUT2D eigenvalue weighted by molar-refractivity contribution is 0.0830. The zero-order chi connectivity index (χ0) is 15.4. The summed E-state index contributed by atoms with van der Waals surface area (Å²) in [4.78, 5) is 15.2. The summed E-state index contributed by atoms with van der Waals surface area (Å²) in [7, 11) is 0. The Kier molecular flexibility index (Phi) is 5.58. The highest BCUT2D eigenvalue weighted by atomic mass is 16.1. The zero-order valence-corrected chi connectivity index (χ0v) is 14.0. The molecule has 0 saturated carbocycles. The number of carbonyl (C=O) groups excluding carboxylic acids is 1. The van der Waals surface area contributed by atoms with Crippen molar-refractivity contribution in [3.8, 4) is 0 Å². The van der Waals surface area contributed by atoms with Gasteiger partial charge in [-0.25, -0.2) is 0 Å². The standard InChI is InChI=1S/C19H29NO/c1-5-8-17-9-6-7-10-20(17)13-18(21)19-15(3)11-14(2)12-16(19)4/h11-12,17H,5-10,13H2,1-4H3. The lowest BCUT2D eigenvalue weighted by atomic mass is 9.94. The van der Waals surface area contributed by atoms with Crippen LogP contribution in [0.3, 0.4) is 0 Å². The molecule has 0 spiro atoms. The molecular formula is C19H29NO. The number of hydrogen-bond donors (Lipinski definition) is 0. The van der Waals surface area contributed by atoms with E-state index in [1.807, 2.05) is 0 Å². The van der Waals surface area contributed by atoms with Crippen molar-refractivity contribution in [1.29, 1.82) is 0 Å². The molecule has 1 fully saturated rings. The van der Waals surface area contributed by atoms with E-state index in [1.165, 1.54) is 37.7 Å². The number of rotatable bonds is 5. The van der Waals surface area contributed by atoms with Gasteiger partial charge in [0.2, 0.25) is 0 Å². The van der Waals surface area contributed by atoms with E-state index >= 15 is 0 Å². The van der Waals surface area contributed by atoms with E-state index in [2.05, 4.69) is 44.7 Å². The molecule has 1 heterocycles. The highest BCUT2D eigenvalue weighted by Gasteiger charge is 2.25. The second-order valence-corrected chi connectivity index (χ2v) is 6.61. The minimum absolute atomic E-state index is 0.299. The molecule has 2 rings (SSSR count). The summed E-state index contributed by atoms with van der Waals surface area (Å²) in [6.07, 6.45) is 6.24. The molecule has 116 valence electrons. The van der Waals surface area contributed by atoms with Crippen LogP contribution in [0.5, 0.6) is 0 Å². The van der Waals surface area contributed by atoms with Crippen LogP contribution < -0.4 is 0 Å². The Morgan fingerprint density at radius 3 is 2.48 bits per heavy atom. The third-order valence-electron chi connectivity index (χ3n) is 4.67. The largest absolute Gasteiger partial charge is 0.293 e. The van der Waals surface area contributed by atoms with Crippen LogP contribution >= 0.6 is 0 Å². The van der Waals surface area contributed by atoms with Gasteiger partial charge in [-0.2, -0.15) is 0 Å². The van der Waals surface area contributed by atoms with Crippen LogP contribution in [0.15, 0.2) is 12.1 Å². The van der Waals surface area contributed by atoms with E-state index in [1.54, 1.807) is 0 Å². The first-order chi connectivity index (χ1) is 10.0. The Hall–Kier alpha value is -1.15. The SMILES string of the molecule is CCCC1CCCCN1CC(=O)c1c(C)cc(C)cc1C. The van der Waals surface area contributed by atoms with E-state index in [9.17, 15) is 4.79 Å². The van der Waals surface area contributed by atoms with Gasteiger partial charge in [-0.3, -0.25) is 9.69 Å². The molecule has 0 radical (unpaired) electrons. The fraction of sp³-hybridized carbons (Fsp3) is 0.632. The molecule has 0 amide bonds. The van der Waals surface area contributed by atoms with Crippen LogP contribution in [0.1, 0.15) is 66.1 Å². The van der Waals surface area contributed by atoms with E-state index in [-0.39, 0.29) is 0 Å². The van der Waals surface area contributed by atoms with Gasteiger partial charge >= 0.3 is 0 Å². The van der Waals surface area contributed by atoms with Crippen LogP contribution in [0.2, 0.25) is 0 Å². The van der Waals surface area contributed by atoms with Crippen molar-refractivity contribution >= 4 is 5.78 Å². The average Bonchev–Trinajstić information content (AvgIpc) is 2.40. The van der Waals surface area contributed by atoms with Gasteiger partial charge in [-0.05, 0) is 57.7 Å². The number of piperidine rings is 1. The molecule has 0 aromatic heterocycles. The van der Waals surface area contributed by atoms with E-state index in [4.69, 9.17) is 0 Å². The molecule has 2 heteroatoms. The summed E-state index contributed by atoms with van der Waals surface area (Å²) in [5.74, 6) is 0.299. The van der Waals surface area contributed by atoms with Gasteiger partial charge in [0, 0.05) is 11.6 Å². The Bertz CT molecular complexity index is 481. The van der Waals surface area contributed by atoms with Gasteiger partial charge in [0.05, 0.1) is 6.54 Å². The first-order valence-electron chi connectivity index (χ1n) is 8.38. The predicted octanol–water partition coefficient (Wildman–Crippen LogP) is 4.45. The summed E-state index contributed by atoms with van der Waals surface area (Å²) in [5, 5.41) is 0. The molecule has 1 aromatic rings. The average molecular weight is 287 g/mol. The van der Waals surface area contributed by atoms with Gasteiger partial charge in [0.1, 0.15) is 0 Å². The number of likely N-dealkylation sites (tertiary alicyclic amines) is 1. The van der Waals surface area contributed by atoms with E-state index in [0.29, 0.717) is 18.4 Å².